The van der Waals surface area contributed by atoms with Gasteiger partial charge in [-0.05, 0) is 24.1 Å². The molecule has 3 nitrogen and oxygen atoms in total. The van der Waals surface area contributed by atoms with Crippen LogP contribution < -0.4 is 4.74 Å². The summed E-state index contributed by atoms with van der Waals surface area (Å²) in [4.78, 5) is 8.59. The number of halogens is 1. The first-order chi connectivity index (χ1) is 8.65. The summed E-state index contributed by atoms with van der Waals surface area (Å²) in [6, 6.07) is 11.4. The maximum atomic E-state index is 5.97. The van der Waals surface area contributed by atoms with Gasteiger partial charge >= 0.3 is 0 Å². The SMILES string of the molecule is CC(C)c1cc(Cl)nc(COc2ccccc2)n1. The third-order valence-electron chi connectivity index (χ3n) is 2.46. The van der Waals surface area contributed by atoms with E-state index in [1.807, 2.05) is 30.3 Å². The molecule has 0 unspecified atom stereocenters. The lowest BCUT2D eigenvalue weighted by atomic mass is 10.1. The number of rotatable bonds is 4. The molecule has 0 fully saturated rings. The predicted molar refractivity (Wildman–Crippen MR) is 71.9 cm³/mol. The first kappa shape index (κ1) is 12.8. The van der Waals surface area contributed by atoms with Crippen molar-refractivity contribution in [3.8, 4) is 5.75 Å². The summed E-state index contributed by atoms with van der Waals surface area (Å²) in [7, 11) is 0. The van der Waals surface area contributed by atoms with Crippen LogP contribution >= 0.6 is 11.6 Å². The van der Waals surface area contributed by atoms with Crippen molar-refractivity contribution in [1.29, 1.82) is 0 Å². The summed E-state index contributed by atoms with van der Waals surface area (Å²) in [5.41, 5.74) is 0.932. The van der Waals surface area contributed by atoms with Gasteiger partial charge in [0.25, 0.3) is 0 Å². The summed E-state index contributed by atoms with van der Waals surface area (Å²) in [6.45, 7) is 4.46. The van der Waals surface area contributed by atoms with Crippen LogP contribution in [0.2, 0.25) is 5.15 Å². The molecule has 1 aromatic heterocycles. The van der Waals surface area contributed by atoms with Crippen LogP contribution in [0.25, 0.3) is 0 Å². The topological polar surface area (TPSA) is 35.0 Å². The average Bonchev–Trinajstić information content (AvgIpc) is 2.37. The summed E-state index contributed by atoms with van der Waals surface area (Å²) >= 11 is 5.97. The van der Waals surface area contributed by atoms with Crippen molar-refractivity contribution >= 4 is 11.6 Å². The van der Waals surface area contributed by atoms with Gasteiger partial charge in [-0.1, -0.05) is 43.6 Å². The van der Waals surface area contributed by atoms with Gasteiger partial charge in [0.1, 0.15) is 17.5 Å². The Morgan fingerprint density at radius 1 is 1.17 bits per heavy atom. The number of ether oxygens (including phenoxy) is 1. The van der Waals surface area contributed by atoms with Crippen LogP contribution in [0.5, 0.6) is 5.75 Å². The third kappa shape index (κ3) is 3.44. The van der Waals surface area contributed by atoms with Crippen LogP contribution in [-0.4, -0.2) is 9.97 Å². The molecule has 18 heavy (non-hydrogen) atoms. The van der Waals surface area contributed by atoms with Crippen molar-refractivity contribution < 1.29 is 4.74 Å². The Balaban J connectivity index is 2.10. The molecule has 0 aliphatic heterocycles. The van der Waals surface area contributed by atoms with Crippen molar-refractivity contribution in [3.63, 3.8) is 0 Å². The van der Waals surface area contributed by atoms with Gasteiger partial charge in [0.15, 0.2) is 5.82 Å². The maximum absolute atomic E-state index is 5.97. The normalized spacial score (nSPS) is 10.7. The zero-order valence-corrected chi connectivity index (χ0v) is 11.2. The maximum Gasteiger partial charge on any atom is 0.167 e. The molecule has 94 valence electrons. The second-order valence-corrected chi connectivity index (χ2v) is 4.68. The van der Waals surface area contributed by atoms with Crippen LogP contribution in [0.1, 0.15) is 31.3 Å². The molecule has 0 atom stereocenters. The largest absolute Gasteiger partial charge is 0.486 e. The lowest BCUT2D eigenvalue weighted by molar-refractivity contribution is 0.295. The Bertz CT molecular complexity index is 514. The van der Waals surface area contributed by atoms with E-state index >= 15 is 0 Å². The quantitative estimate of drug-likeness (QED) is 0.786. The van der Waals surface area contributed by atoms with Crippen molar-refractivity contribution in [2.75, 3.05) is 0 Å². The Labute approximate surface area is 112 Å². The van der Waals surface area contributed by atoms with Gasteiger partial charge in [-0.15, -0.1) is 0 Å². The number of para-hydroxylation sites is 1. The lowest BCUT2D eigenvalue weighted by Crippen LogP contribution is -2.05. The van der Waals surface area contributed by atoms with Gasteiger partial charge in [-0.3, -0.25) is 0 Å². The molecule has 4 heteroatoms. The Morgan fingerprint density at radius 3 is 2.56 bits per heavy atom. The Hall–Kier alpha value is -1.61. The summed E-state index contributed by atoms with van der Waals surface area (Å²) in [5.74, 6) is 1.73. The van der Waals surface area contributed by atoms with E-state index < -0.39 is 0 Å². The summed E-state index contributed by atoms with van der Waals surface area (Å²) < 4.78 is 5.60. The van der Waals surface area contributed by atoms with E-state index in [0.717, 1.165) is 11.4 Å². The highest BCUT2D eigenvalue weighted by Gasteiger charge is 2.07. The second kappa shape index (κ2) is 5.83. The zero-order valence-electron chi connectivity index (χ0n) is 10.4. The molecule has 2 aromatic rings. The summed E-state index contributed by atoms with van der Waals surface area (Å²) in [6.07, 6.45) is 0. The fourth-order valence-corrected chi connectivity index (χ4v) is 1.72. The van der Waals surface area contributed by atoms with E-state index in [2.05, 4.69) is 23.8 Å². The molecule has 0 saturated carbocycles. The molecular formula is C14H15ClN2O. The predicted octanol–water partition coefficient (Wildman–Crippen LogP) is 3.83. The van der Waals surface area contributed by atoms with Gasteiger partial charge < -0.3 is 4.74 Å². The molecule has 2 rings (SSSR count). The lowest BCUT2D eigenvalue weighted by Gasteiger charge is -2.09. The highest BCUT2D eigenvalue weighted by atomic mass is 35.5. The minimum atomic E-state index is 0.320. The van der Waals surface area contributed by atoms with Crippen LogP contribution in [0.15, 0.2) is 36.4 Å². The number of benzene rings is 1. The van der Waals surface area contributed by atoms with Crippen molar-refractivity contribution in [2.45, 2.75) is 26.4 Å². The fourth-order valence-electron chi connectivity index (χ4n) is 1.51. The van der Waals surface area contributed by atoms with Crippen LogP contribution in [0, 0.1) is 0 Å². The number of hydrogen-bond acceptors (Lipinski definition) is 3. The first-order valence-corrected chi connectivity index (χ1v) is 6.24. The van der Waals surface area contributed by atoms with Crippen molar-refractivity contribution in [1.82, 2.24) is 9.97 Å². The molecule has 0 bridgehead atoms. The molecule has 0 saturated heterocycles. The summed E-state index contributed by atoms with van der Waals surface area (Å²) in [5, 5.41) is 0.459. The molecule has 1 heterocycles. The average molecular weight is 263 g/mol. The molecule has 0 N–H and O–H groups in total. The van der Waals surface area contributed by atoms with Crippen molar-refractivity contribution in [2.24, 2.45) is 0 Å². The smallest absolute Gasteiger partial charge is 0.167 e. The van der Waals surface area contributed by atoms with Crippen LogP contribution in [0.4, 0.5) is 0 Å². The minimum Gasteiger partial charge on any atom is -0.486 e. The Kier molecular flexibility index (Phi) is 4.15. The minimum absolute atomic E-state index is 0.320. The van der Waals surface area contributed by atoms with E-state index in [0.29, 0.717) is 23.5 Å². The molecule has 0 amide bonds. The van der Waals surface area contributed by atoms with E-state index in [1.165, 1.54) is 0 Å². The molecule has 1 aromatic carbocycles. The number of hydrogen-bond donors (Lipinski definition) is 0. The monoisotopic (exact) mass is 262 g/mol. The van der Waals surface area contributed by atoms with Crippen molar-refractivity contribution in [3.05, 3.63) is 53.1 Å². The van der Waals surface area contributed by atoms with Gasteiger partial charge in [-0.25, -0.2) is 9.97 Å². The van der Waals surface area contributed by atoms with Crippen LogP contribution in [-0.2, 0) is 6.61 Å². The Morgan fingerprint density at radius 2 is 1.89 bits per heavy atom. The molecule has 0 radical (unpaired) electrons. The second-order valence-electron chi connectivity index (χ2n) is 4.29. The van der Waals surface area contributed by atoms with Gasteiger partial charge in [0.05, 0.1) is 0 Å². The van der Waals surface area contributed by atoms with E-state index in [-0.39, 0.29) is 0 Å². The molecular weight excluding hydrogens is 248 g/mol. The molecule has 0 spiro atoms. The number of nitrogens with zero attached hydrogens (tertiary/aromatic N) is 2. The van der Waals surface area contributed by atoms with Crippen LogP contribution in [0.3, 0.4) is 0 Å². The fraction of sp³-hybridized carbons (Fsp3) is 0.286. The number of aromatic nitrogens is 2. The van der Waals surface area contributed by atoms with Gasteiger partial charge in [0, 0.05) is 5.69 Å². The highest BCUT2D eigenvalue weighted by Crippen LogP contribution is 2.17. The zero-order chi connectivity index (χ0) is 13.0. The third-order valence-corrected chi connectivity index (χ3v) is 2.66. The van der Waals surface area contributed by atoms with E-state index in [4.69, 9.17) is 16.3 Å². The van der Waals surface area contributed by atoms with Gasteiger partial charge in [0.2, 0.25) is 0 Å². The standard InChI is InChI=1S/C14H15ClN2O/c1-10(2)12-8-13(15)17-14(16-12)9-18-11-6-4-3-5-7-11/h3-8,10H,9H2,1-2H3. The van der Waals surface area contributed by atoms with Gasteiger partial charge in [-0.2, -0.15) is 0 Å². The van der Waals surface area contributed by atoms with E-state index in [1.54, 1.807) is 6.07 Å². The molecule has 0 aliphatic carbocycles. The molecule has 0 aliphatic rings. The van der Waals surface area contributed by atoms with E-state index in [9.17, 15) is 0 Å². The highest BCUT2D eigenvalue weighted by molar-refractivity contribution is 6.29. The first-order valence-electron chi connectivity index (χ1n) is 5.86.